The number of aliphatic hydroxyl groups is 1. The third kappa shape index (κ3) is 3.37. The maximum atomic E-state index is 11.1. The quantitative estimate of drug-likeness (QED) is 0.551. The summed E-state index contributed by atoms with van der Waals surface area (Å²) in [5, 5.41) is 11.1. The summed E-state index contributed by atoms with van der Waals surface area (Å²) in [6.45, 7) is 15.0. The smallest absolute Gasteiger partial charge is 0.172 e. The van der Waals surface area contributed by atoms with Gasteiger partial charge in [-0.1, -0.05) is 20.8 Å². The summed E-state index contributed by atoms with van der Waals surface area (Å²) in [5.41, 5.74) is 0.384. The summed E-state index contributed by atoms with van der Waals surface area (Å²) >= 11 is 0. The molecule has 3 aliphatic heterocycles. The molecule has 204 valence electrons. The zero-order valence-electron chi connectivity index (χ0n) is 23.2. The van der Waals surface area contributed by atoms with Gasteiger partial charge >= 0.3 is 0 Å². The van der Waals surface area contributed by atoms with E-state index in [1.165, 1.54) is 25.7 Å². The lowest BCUT2D eigenvalue weighted by Crippen LogP contribution is -2.65. The molecule has 7 rings (SSSR count). The molecule has 3 saturated heterocycles. The Bertz CT molecular complexity index is 885. The van der Waals surface area contributed by atoms with Crippen molar-refractivity contribution in [1.82, 2.24) is 0 Å². The van der Waals surface area contributed by atoms with Crippen LogP contribution in [-0.2, 0) is 23.7 Å². The van der Waals surface area contributed by atoms with E-state index in [-0.39, 0.29) is 47.3 Å². The topological polar surface area (TPSA) is 69.7 Å². The summed E-state index contributed by atoms with van der Waals surface area (Å²) in [6, 6.07) is 0. The van der Waals surface area contributed by atoms with Gasteiger partial charge in [-0.3, -0.25) is 0 Å². The number of epoxide rings is 1. The standard InChI is InChI=1S/C30H48O6/c1-16(25(31)26-17(2)34-26)19-7-8-20-18-14-30(32-11-12-33-30)24-13-22-23(36-27(3,4)35-22)15-29(24,6)21(18)9-10-28(19,20)5/h16-26,31H,7-15H2,1-6H3/t16-,17-,18-,19+,20-,21-,22-,23+,24-,25+,26+,28+,29+/m0/s1. The van der Waals surface area contributed by atoms with Crippen LogP contribution in [0.4, 0.5) is 0 Å². The Balaban J connectivity index is 1.20. The van der Waals surface area contributed by atoms with E-state index < -0.39 is 11.6 Å². The van der Waals surface area contributed by atoms with Gasteiger partial charge in [0.25, 0.3) is 0 Å². The van der Waals surface area contributed by atoms with Crippen molar-refractivity contribution in [3.8, 4) is 0 Å². The molecule has 3 heterocycles. The first-order valence-electron chi connectivity index (χ1n) is 14.9. The Morgan fingerprint density at radius 1 is 0.861 bits per heavy atom. The third-order valence-corrected chi connectivity index (χ3v) is 12.6. The zero-order chi connectivity index (χ0) is 25.3. The monoisotopic (exact) mass is 504 g/mol. The van der Waals surface area contributed by atoms with E-state index in [1.807, 2.05) is 0 Å². The third-order valence-electron chi connectivity index (χ3n) is 12.6. The molecule has 36 heavy (non-hydrogen) atoms. The Morgan fingerprint density at radius 3 is 2.22 bits per heavy atom. The van der Waals surface area contributed by atoms with E-state index in [2.05, 4.69) is 41.5 Å². The molecule has 0 unspecified atom stereocenters. The number of hydrogen-bond acceptors (Lipinski definition) is 6. The lowest BCUT2D eigenvalue weighted by atomic mass is 9.42. The zero-order valence-corrected chi connectivity index (χ0v) is 23.2. The molecule has 0 amide bonds. The summed E-state index contributed by atoms with van der Waals surface area (Å²) < 4.78 is 31.8. The Labute approximate surface area is 217 Å². The second-order valence-electron chi connectivity index (χ2n) is 14.7. The fourth-order valence-electron chi connectivity index (χ4n) is 11.1. The summed E-state index contributed by atoms with van der Waals surface area (Å²) in [4.78, 5) is 0. The predicted molar refractivity (Wildman–Crippen MR) is 134 cm³/mol. The van der Waals surface area contributed by atoms with Crippen molar-refractivity contribution in [1.29, 1.82) is 0 Å². The van der Waals surface area contributed by atoms with Gasteiger partial charge in [0, 0.05) is 12.3 Å². The van der Waals surface area contributed by atoms with E-state index in [1.54, 1.807) is 0 Å². The molecular weight excluding hydrogens is 456 g/mol. The van der Waals surface area contributed by atoms with Crippen LogP contribution in [0.3, 0.4) is 0 Å². The minimum absolute atomic E-state index is 0.0324. The van der Waals surface area contributed by atoms with Gasteiger partial charge in [-0.25, -0.2) is 0 Å². The average Bonchev–Trinajstić information content (AvgIpc) is 3.10. The maximum absolute atomic E-state index is 11.1. The highest BCUT2D eigenvalue weighted by Gasteiger charge is 2.70. The van der Waals surface area contributed by atoms with Crippen molar-refractivity contribution in [2.45, 2.75) is 129 Å². The first-order valence-corrected chi connectivity index (χ1v) is 14.9. The number of fused-ring (bicyclic) bond motifs is 7. The van der Waals surface area contributed by atoms with Crippen LogP contribution >= 0.6 is 0 Å². The van der Waals surface area contributed by atoms with E-state index >= 15 is 0 Å². The Morgan fingerprint density at radius 2 is 1.53 bits per heavy atom. The molecule has 13 atom stereocenters. The van der Waals surface area contributed by atoms with E-state index in [9.17, 15) is 5.11 Å². The number of aliphatic hydroxyl groups excluding tert-OH is 1. The Kier molecular flexibility index (Phi) is 5.45. The highest BCUT2D eigenvalue weighted by atomic mass is 16.8. The van der Waals surface area contributed by atoms with Gasteiger partial charge in [0.15, 0.2) is 11.6 Å². The van der Waals surface area contributed by atoms with Crippen molar-refractivity contribution in [2.24, 2.45) is 46.3 Å². The molecule has 0 aromatic heterocycles. The van der Waals surface area contributed by atoms with Crippen molar-refractivity contribution in [2.75, 3.05) is 13.2 Å². The molecule has 7 fully saturated rings. The highest BCUT2D eigenvalue weighted by Crippen LogP contribution is 2.71. The molecule has 4 saturated carbocycles. The molecule has 7 aliphatic rings. The van der Waals surface area contributed by atoms with E-state index in [0.717, 1.165) is 19.3 Å². The number of hydrogen-bond donors (Lipinski definition) is 1. The van der Waals surface area contributed by atoms with Gasteiger partial charge in [-0.15, -0.1) is 0 Å². The minimum Gasteiger partial charge on any atom is -0.390 e. The SMILES string of the molecule is C[C@H]([C@@H](O)[C@@H]1O[C@H]1C)[C@H]1CC[C@H]2[C@@H]3CC4(OCCO4)[C@H]4C[C@@H]5OC(C)(C)O[C@@H]5C[C@]4(C)[C@H]3CC[C@]12C. The lowest BCUT2D eigenvalue weighted by Gasteiger charge is -2.65. The van der Waals surface area contributed by atoms with Crippen LogP contribution in [0.25, 0.3) is 0 Å². The first-order chi connectivity index (χ1) is 17.0. The van der Waals surface area contributed by atoms with Crippen LogP contribution < -0.4 is 0 Å². The normalized spacial score (nSPS) is 55.9. The summed E-state index contributed by atoms with van der Waals surface area (Å²) in [6.07, 6.45) is 8.22. The van der Waals surface area contributed by atoms with Crippen LogP contribution in [0, 0.1) is 46.3 Å². The van der Waals surface area contributed by atoms with Gasteiger partial charge in [0.05, 0.1) is 37.6 Å². The van der Waals surface area contributed by atoms with Crippen LogP contribution in [0.5, 0.6) is 0 Å². The maximum Gasteiger partial charge on any atom is 0.172 e. The van der Waals surface area contributed by atoms with Crippen LogP contribution in [0.1, 0.15) is 86.5 Å². The summed E-state index contributed by atoms with van der Waals surface area (Å²) in [5.74, 6) is 2.10. The lowest BCUT2D eigenvalue weighted by molar-refractivity contribution is -0.301. The molecule has 1 spiro atoms. The summed E-state index contributed by atoms with van der Waals surface area (Å²) in [7, 11) is 0. The van der Waals surface area contributed by atoms with Gasteiger partial charge < -0.3 is 28.8 Å². The molecule has 1 N–H and O–H groups in total. The Hall–Kier alpha value is -0.240. The van der Waals surface area contributed by atoms with Gasteiger partial charge in [0.1, 0.15) is 6.10 Å². The number of ether oxygens (including phenoxy) is 5. The fourth-order valence-corrected chi connectivity index (χ4v) is 11.1. The largest absolute Gasteiger partial charge is 0.390 e. The van der Waals surface area contributed by atoms with Crippen LogP contribution in [0.2, 0.25) is 0 Å². The molecular formula is C30H48O6. The minimum atomic E-state index is -0.507. The second-order valence-corrected chi connectivity index (χ2v) is 14.7. The average molecular weight is 505 g/mol. The molecule has 0 aromatic rings. The van der Waals surface area contributed by atoms with Gasteiger partial charge in [0.2, 0.25) is 0 Å². The van der Waals surface area contributed by atoms with Gasteiger partial charge in [-0.05, 0) is 99.7 Å². The van der Waals surface area contributed by atoms with Crippen molar-refractivity contribution in [3.05, 3.63) is 0 Å². The second kappa shape index (κ2) is 7.91. The van der Waals surface area contributed by atoms with Crippen LogP contribution in [0.15, 0.2) is 0 Å². The first kappa shape index (κ1) is 24.8. The van der Waals surface area contributed by atoms with E-state index in [0.29, 0.717) is 42.8 Å². The molecule has 0 aromatic carbocycles. The molecule has 0 bridgehead atoms. The molecule has 6 heteroatoms. The van der Waals surface area contributed by atoms with Crippen molar-refractivity contribution in [3.63, 3.8) is 0 Å². The van der Waals surface area contributed by atoms with Crippen molar-refractivity contribution >= 4 is 0 Å². The molecule has 0 radical (unpaired) electrons. The predicted octanol–water partition coefficient (Wildman–Crippen LogP) is 4.91. The fraction of sp³-hybridized carbons (Fsp3) is 1.00. The van der Waals surface area contributed by atoms with Crippen molar-refractivity contribution < 1.29 is 28.8 Å². The molecule has 6 nitrogen and oxygen atoms in total. The van der Waals surface area contributed by atoms with E-state index in [4.69, 9.17) is 23.7 Å². The highest BCUT2D eigenvalue weighted by molar-refractivity contribution is 5.16. The van der Waals surface area contributed by atoms with Crippen LogP contribution in [-0.4, -0.2) is 60.4 Å². The number of rotatable bonds is 3. The molecule has 4 aliphatic carbocycles. The van der Waals surface area contributed by atoms with Gasteiger partial charge in [-0.2, -0.15) is 0 Å².